The van der Waals surface area contributed by atoms with Crippen LogP contribution in [0.25, 0.3) is 5.76 Å². The van der Waals surface area contributed by atoms with Gasteiger partial charge in [0.05, 0.1) is 36.1 Å². The molecule has 2 aromatic heterocycles. The number of hydrogen-bond acceptors (Lipinski definition) is 7. The molecule has 2 aliphatic rings. The van der Waals surface area contributed by atoms with Gasteiger partial charge in [0.15, 0.2) is 0 Å². The van der Waals surface area contributed by atoms with Crippen molar-refractivity contribution < 1.29 is 19.4 Å². The number of pyridine rings is 1. The fraction of sp³-hybridized carbons (Fsp3) is 0.478. The molecule has 1 N–H and O–H groups in total. The Kier molecular flexibility index (Phi) is 6.38. The summed E-state index contributed by atoms with van der Waals surface area (Å²) in [6.07, 6.45) is 3.98. The monoisotopic (exact) mass is 439 g/mol. The Morgan fingerprint density at radius 2 is 1.84 bits per heavy atom. The van der Waals surface area contributed by atoms with Crippen LogP contribution in [-0.2, 0) is 21.4 Å². The van der Waals surface area contributed by atoms with E-state index in [2.05, 4.69) is 15.0 Å². The molecule has 0 aromatic carbocycles. The third-order valence-electron chi connectivity index (χ3n) is 6.28. The number of nitrogens with zero attached hydrogens (tertiary/aromatic N) is 5. The lowest BCUT2D eigenvalue weighted by molar-refractivity contribution is -0.140. The average molecular weight is 440 g/mol. The zero-order valence-corrected chi connectivity index (χ0v) is 18.7. The number of aliphatic hydroxyl groups is 1. The van der Waals surface area contributed by atoms with Gasteiger partial charge in [0, 0.05) is 51.3 Å². The van der Waals surface area contributed by atoms with Crippen molar-refractivity contribution in [3.8, 4) is 0 Å². The van der Waals surface area contributed by atoms with E-state index in [0.717, 1.165) is 37.3 Å². The van der Waals surface area contributed by atoms with E-state index < -0.39 is 17.7 Å². The molecule has 0 spiro atoms. The Bertz CT molecular complexity index is 1040. The van der Waals surface area contributed by atoms with Crippen LogP contribution in [0.1, 0.15) is 35.0 Å². The smallest absolute Gasteiger partial charge is 0.295 e. The van der Waals surface area contributed by atoms with Crippen molar-refractivity contribution in [3.05, 3.63) is 52.6 Å². The number of rotatable bonds is 6. The lowest BCUT2D eigenvalue weighted by atomic mass is 9.95. The summed E-state index contributed by atoms with van der Waals surface area (Å²) >= 11 is 0. The molecular weight excluding hydrogens is 410 g/mol. The van der Waals surface area contributed by atoms with E-state index in [9.17, 15) is 14.7 Å². The number of amides is 1. The molecule has 9 nitrogen and oxygen atoms in total. The predicted molar refractivity (Wildman–Crippen MR) is 118 cm³/mol. The van der Waals surface area contributed by atoms with Gasteiger partial charge in [0.2, 0.25) is 0 Å². The van der Waals surface area contributed by atoms with Gasteiger partial charge >= 0.3 is 0 Å². The molecule has 32 heavy (non-hydrogen) atoms. The zero-order valence-electron chi connectivity index (χ0n) is 18.7. The van der Waals surface area contributed by atoms with Crippen LogP contribution < -0.4 is 0 Å². The first-order valence-corrected chi connectivity index (χ1v) is 10.9. The van der Waals surface area contributed by atoms with E-state index in [1.165, 1.54) is 0 Å². The molecule has 1 amide bonds. The Morgan fingerprint density at radius 3 is 2.47 bits per heavy atom. The van der Waals surface area contributed by atoms with E-state index >= 15 is 0 Å². The molecule has 2 fully saturated rings. The summed E-state index contributed by atoms with van der Waals surface area (Å²) in [5, 5.41) is 15.6. The number of morpholine rings is 1. The van der Waals surface area contributed by atoms with Crippen molar-refractivity contribution in [1.29, 1.82) is 0 Å². The summed E-state index contributed by atoms with van der Waals surface area (Å²) in [7, 11) is 1.78. The number of carbonyl (C=O) groups excluding carboxylic acids is 2. The van der Waals surface area contributed by atoms with Crippen molar-refractivity contribution in [2.45, 2.75) is 26.3 Å². The summed E-state index contributed by atoms with van der Waals surface area (Å²) in [5.41, 5.74) is 2.68. The van der Waals surface area contributed by atoms with Crippen LogP contribution in [0.3, 0.4) is 0 Å². The van der Waals surface area contributed by atoms with E-state index in [0.29, 0.717) is 31.0 Å². The van der Waals surface area contributed by atoms with Gasteiger partial charge in [-0.05, 0) is 38.0 Å². The third-order valence-corrected chi connectivity index (χ3v) is 6.28. The van der Waals surface area contributed by atoms with Gasteiger partial charge in [0.25, 0.3) is 11.7 Å². The first kappa shape index (κ1) is 22.2. The van der Waals surface area contributed by atoms with E-state index in [4.69, 9.17) is 4.74 Å². The first-order valence-electron chi connectivity index (χ1n) is 10.9. The molecule has 2 aromatic rings. The van der Waals surface area contributed by atoms with Gasteiger partial charge in [-0.3, -0.25) is 24.2 Å². The molecule has 9 heteroatoms. The fourth-order valence-electron chi connectivity index (χ4n) is 4.54. The predicted octanol–water partition coefficient (Wildman–Crippen LogP) is 1.58. The highest BCUT2D eigenvalue weighted by Crippen LogP contribution is 2.40. The Hall–Kier alpha value is -3.04. The van der Waals surface area contributed by atoms with Crippen molar-refractivity contribution in [2.24, 2.45) is 7.05 Å². The topological polar surface area (TPSA) is 101 Å². The Balaban J connectivity index is 1.69. The number of aromatic nitrogens is 3. The van der Waals surface area contributed by atoms with Crippen LogP contribution >= 0.6 is 0 Å². The summed E-state index contributed by atoms with van der Waals surface area (Å²) in [6, 6.07) is 2.89. The third kappa shape index (κ3) is 4.05. The number of likely N-dealkylation sites (tertiary alicyclic amines) is 1. The summed E-state index contributed by atoms with van der Waals surface area (Å²) in [4.78, 5) is 34.1. The van der Waals surface area contributed by atoms with Crippen molar-refractivity contribution in [3.63, 3.8) is 0 Å². The number of Topliss-reactive ketones (excluding diaryl/α,β-unsaturated/α-hetero) is 1. The number of aryl methyl sites for hydroxylation is 2. The van der Waals surface area contributed by atoms with Crippen LogP contribution in [0, 0.1) is 13.8 Å². The second kappa shape index (κ2) is 9.22. The molecule has 1 atom stereocenters. The van der Waals surface area contributed by atoms with E-state index in [-0.39, 0.29) is 11.3 Å². The van der Waals surface area contributed by atoms with Crippen molar-refractivity contribution in [1.82, 2.24) is 24.6 Å². The standard InChI is InChI=1S/C23H29N5O4/c1-15-18(16(2)26(3)25-15)21(29)19-20(17-5-7-24-8-6-17)28(23(31)22(19)30)10-4-9-27-11-13-32-14-12-27/h5-8,20,29H,4,9-14H2,1-3H3/b21-19+/t20-/m1/s1. The van der Waals surface area contributed by atoms with Gasteiger partial charge in [0.1, 0.15) is 5.76 Å². The minimum atomic E-state index is -0.668. The molecule has 2 saturated heterocycles. The van der Waals surface area contributed by atoms with Crippen LogP contribution in [0.4, 0.5) is 0 Å². The first-order chi connectivity index (χ1) is 15.4. The Labute approximate surface area is 187 Å². The summed E-state index contributed by atoms with van der Waals surface area (Å²) < 4.78 is 7.05. The molecule has 0 radical (unpaired) electrons. The molecule has 0 bridgehead atoms. The Morgan fingerprint density at radius 1 is 1.16 bits per heavy atom. The molecule has 0 unspecified atom stereocenters. The quantitative estimate of drug-likeness (QED) is 0.414. The van der Waals surface area contributed by atoms with Gasteiger partial charge in [-0.1, -0.05) is 0 Å². The van der Waals surface area contributed by atoms with Crippen molar-refractivity contribution in [2.75, 3.05) is 39.4 Å². The molecule has 4 heterocycles. The van der Waals surface area contributed by atoms with Crippen LogP contribution in [0.2, 0.25) is 0 Å². The van der Waals surface area contributed by atoms with E-state index in [1.807, 2.05) is 6.92 Å². The van der Waals surface area contributed by atoms with E-state index in [1.54, 1.807) is 48.1 Å². The molecule has 4 rings (SSSR count). The zero-order chi connectivity index (χ0) is 22.8. The maximum absolute atomic E-state index is 13.1. The molecule has 170 valence electrons. The second-order valence-electron chi connectivity index (χ2n) is 8.25. The summed E-state index contributed by atoms with van der Waals surface area (Å²) in [5.74, 6) is -1.43. The SMILES string of the molecule is Cc1nn(C)c(C)c1/C(O)=C1\C(=O)C(=O)N(CCCN2CCOCC2)[C@@H]1c1ccncc1. The largest absolute Gasteiger partial charge is 0.507 e. The molecule has 0 saturated carbocycles. The molecule has 2 aliphatic heterocycles. The molecular formula is C23H29N5O4. The highest BCUT2D eigenvalue weighted by atomic mass is 16.5. The van der Waals surface area contributed by atoms with Crippen molar-refractivity contribution >= 4 is 17.4 Å². The highest BCUT2D eigenvalue weighted by molar-refractivity contribution is 6.46. The second-order valence-corrected chi connectivity index (χ2v) is 8.25. The number of carbonyl (C=O) groups is 2. The number of ketones is 1. The molecule has 0 aliphatic carbocycles. The van der Waals surface area contributed by atoms with Gasteiger partial charge < -0.3 is 14.7 Å². The number of hydrogen-bond donors (Lipinski definition) is 1. The minimum Gasteiger partial charge on any atom is -0.507 e. The van der Waals surface area contributed by atoms with Gasteiger partial charge in [-0.25, -0.2) is 0 Å². The minimum absolute atomic E-state index is 0.103. The van der Waals surface area contributed by atoms with Crippen LogP contribution in [0.15, 0.2) is 30.1 Å². The maximum Gasteiger partial charge on any atom is 0.295 e. The lowest BCUT2D eigenvalue weighted by Gasteiger charge is -2.29. The number of aliphatic hydroxyl groups excluding tert-OH is 1. The average Bonchev–Trinajstić information content (AvgIpc) is 3.20. The highest BCUT2D eigenvalue weighted by Gasteiger charge is 2.46. The van der Waals surface area contributed by atoms with Crippen LogP contribution in [0.5, 0.6) is 0 Å². The lowest BCUT2D eigenvalue weighted by Crippen LogP contribution is -2.38. The van der Waals surface area contributed by atoms with Crippen LogP contribution in [-0.4, -0.2) is 80.8 Å². The number of ether oxygens (including phenoxy) is 1. The van der Waals surface area contributed by atoms with Gasteiger partial charge in [-0.15, -0.1) is 0 Å². The normalized spacial score (nSPS) is 21.5. The summed E-state index contributed by atoms with van der Waals surface area (Å²) in [6.45, 7) is 8.00. The maximum atomic E-state index is 13.1. The fourth-order valence-corrected chi connectivity index (χ4v) is 4.54. The van der Waals surface area contributed by atoms with Gasteiger partial charge in [-0.2, -0.15) is 5.10 Å².